The lowest BCUT2D eigenvalue weighted by atomic mass is 9.78. The first kappa shape index (κ1) is 13.4. The third kappa shape index (κ3) is 2.86. The van der Waals surface area contributed by atoms with Crippen LogP contribution in [0.25, 0.3) is 0 Å². The number of benzene rings is 1. The van der Waals surface area contributed by atoms with Gasteiger partial charge in [-0.1, -0.05) is 25.5 Å². The maximum atomic E-state index is 12.4. The smallest absolute Gasteiger partial charge is 0.311 e. The van der Waals surface area contributed by atoms with E-state index in [1.54, 1.807) is 12.1 Å². The molecule has 1 aliphatic heterocycles. The Morgan fingerprint density at radius 2 is 1.83 bits per heavy atom. The van der Waals surface area contributed by atoms with Crippen molar-refractivity contribution in [3.63, 3.8) is 0 Å². The molecule has 1 fully saturated rings. The van der Waals surface area contributed by atoms with E-state index in [0.717, 1.165) is 37.8 Å². The molecule has 0 spiro atoms. The van der Waals surface area contributed by atoms with Crippen LogP contribution >= 0.6 is 0 Å². The molecule has 1 aliphatic rings. The Morgan fingerprint density at radius 3 is 2.22 bits per heavy atom. The van der Waals surface area contributed by atoms with Crippen LogP contribution in [0.3, 0.4) is 0 Å². The molecule has 18 heavy (non-hydrogen) atoms. The maximum Gasteiger partial charge on any atom is 0.416 e. The molecule has 0 radical (unpaired) electrons. The largest absolute Gasteiger partial charge is 0.416 e. The Hall–Kier alpha value is -1.03. The van der Waals surface area contributed by atoms with Crippen LogP contribution in [0.15, 0.2) is 24.3 Å². The van der Waals surface area contributed by atoms with E-state index < -0.39 is 11.7 Å². The highest BCUT2D eigenvalue weighted by Gasteiger charge is 2.35. The van der Waals surface area contributed by atoms with Crippen LogP contribution in [0.2, 0.25) is 0 Å². The molecule has 1 saturated heterocycles. The van der Waals surface area contributed by atoms with Gasteiger partial charge in [0.25, 0.3) is 0 Å². The van der Waals surface area contributed by atoms with Crippen LogP contribution in [0.1, 0.15) is 37.3 Å². The number of halogens is 3. The molecule has 1 unspecified atom stereocenters. The van der Waals surface area contributed by atoms with Crippen LogP contribution in [0, 0.1) is 0 Å². The summed E-state index contributed by atoms with van der Waals surface area (Å²) in [7, 11) is 0. The third-order valence-electron chi connectivity index (χ3n) is 3.66. The molecule has 100 valence electrons. The second-order valence-corrected chi connectivity index (χ2v) is 5.08. The van der Waals surface area contributed by atoms with Gasteiger partial charge in [-0.2, -0.15) is 13.2 Å². The predicted molar refractivity (Wildman–Crippen MR) is 65.4 cm³/mol. The number of hydrogen-bond acceptors (Lipinski definition) is 1. The molecular formula is C14H18F3N. The highest BCUT2D eigenvalue weighted by Crippen LogP contribution is 2.32. The summed E-state index contributed by atoms with van der Waals surface area (Å²) in [5.41, 5.74) is 0.523. The van der Waals surface area contributed by atoms with E-state index in [0.29, 0.717) is 0 Å². The molecule has 1 aromatic carbocycles. The first-order valence-corrected chi connectivity index (χ1v) is 6.36. The Labute approximate surface area is 105 Å². The van der Waals surface area contributed by atoms with Crippen molar-refractivity contribution in [1.29, 1.82) is 0 Å². The number of rotatable bonds is 4. The SMILES string of the molecule is CCCC1(Cc2ccc(C(F)(F)F)cc2)CCN1. The lowest BCUT2D eigenvalue weighted by molar-refractivity contribution is -0.137. The predicted octanol–water partition coefficient (Wildman–Crippen LogP) is 3.78. The van der Waals surface area contributed by atoms with Crippen molar-refractivity contribution in [2.45, 2.75) is 44.3 Å². The van der Waals surface area contributed by atoms with E-state index in [-0.39, 0.29) is 5.54 Å². The van der Waals surface area contributed by atoms with Gasteiger partial charge in [-0.15, -0.1) is 0 Å². The average molecular weight is 257 g/mol. The van der Waals surface area contributed by atoms with Gasteiger partial charge in [0.1, 0.15) is 0 Å². The fourth-order valence-electron chi connectivity index (χ4n) is 2.61. The molecule has 2 rings (SSSR count). The molecule has 0 amide bonds. The van der Waals surface area contributed by atoms with E-state index in [4.69, 9.17) is 0 Å². The Balaban J connectivity index is 2.06. The number of alkyl halides is 3. The van der Waals surface area contributed by atoms with Crippen LogP contribution in [-0.4, -0.2) is 12.1 Å². The molecule has 0 aliphatic carbocycles. The van der Waals surface area contributed by atoms with Crippen LogP contribution in [-0.2, 0) is 12.6 Å². The summed E-state index contributed by atoms with van der Waals surface area (Å²) in [6.07, 6.45) is -0.142. The lowest BCUT2D eigenvalue weighted by Crippen LogP contribution is -2.58. The maximum absolute atomic E-state index is 12.4. The van der Waals surface area contributed by atoms with Gasteiger partial charge in [0.15, 0.2) is 0 Å². The molecule has 0 bridgehead atoms. The summed E-state index contributed by atoms with van der Waals surface area (Å²) in [5.74, 6) is 0. The van der Waals surface area contributed by atoms with Crippen LogP contribution in [0.5, 0.6) is 0 Å². The quantitative estimate of drug-likeness (QED) is 0.865. The normalized spacial score (nSPS) is 23.8. The zero-order valence-electron chi connectivity index (χ0n) is 10.5. The van der Waals surface area contributed by atoms with Gasteiger partial charge in [0.2, 0.25) is 0 Å². The molecule has 1 heterocycles. The standard InChI is InChI=1S/C14H18F3N/c1-2-7-13(8-9-18-13)10-11-3-5-12(6-4-11)14(15,16)17/h3-6,18H,2,7-10H2,1H3. The summed E-state index contributed by atoms with van der Waals surface area (Å²) in [4.78, 5) is 0. The average Bonchev–Trinajstić information content (AvgIpc) is 2.26. The Bertz CT molecular complexity index is 390. The van der Waals surface area contributed by atoms with Crippen LogP contribution in [0.4, 0.5) is 13.2 Å². The van der Waals surface area contributed by atoms with Gasteiger partial charge in [0, 0.05) is 5.54 Å². The first-order valence-electron chi connectivity index (χ1n) is 6.36. The molecule has 1 aromatic rings. The minimum atomic E-state index is -4.24. The fourth-order valence-corrected chi connectivity index (χ4v) is 2.61. The van der Waals surface area contributed by atoms with Crippen molar-refractivity contribution in [2.75, 3.05) is 6.54 Å². The first-order chi connectivity index (χ1) is 8.45. The van der Waals surface area contributed by atoms with Crippen molar-refractivity contribution in [1.82, 2.24) is 5.32 Å². The van der Waals surface area contributed by atoms with Gasteiger partial charge in [-0.3, -0.25) is 0 Å². The van der Waals surface area contributed by atoms with E-state index in [2.05, 4.69) is 12.2 Å². The summed E-state index contributed by atoms with van der Waals surface area (Å²) in [6, 6.07) is 5.54. The third-order valence-corrected chi connectivity index (χ3v) is 3.66. The zero-order valence-corrected chi connectivity index (χ0v) is 10.5. The Morgan fingerprint density at radius 1 is 1.22 bits per heavy atom. The van der Waals surface area contributed by atoms with Crippen molar-refractivity contribution in [3.05, 3.63) is 35.4 Å². The highest BCUT2D eigenvalue weighted by molar-refractivity contribution is 5.26. The van der Waals surface area contributed by atoms with Gasteiger partial charge >= 0.3 is 6.18 Å². The molecule has 4 heteroatoms. The summed E-state index contributed by atoms with van der Waals surface area (Å²) >= 11 is 0. The molecule has 1 nitrogen and oxygen atoms in total. The van der Waals surface area contributed by atoms with Crippen LogP contribution < -0.4 is 5.32 Å². The molecule has 1 atom stereocenters. The lowest BCUT2D eigenvalue weighted by Gasteiger charge is -2.44. The van der Waals surface area contributed by atoms with E-state index in [9.17, 15) is 13.2 Å². The fraction of sp³-hybridized carbons (Fsp3) is 0.571. The number of nitrogens with one attached hydrogen (secondary N) is 1. The second-order valence-electron chi connectivity index (χ2n) is 5.08. The molecule has 0 saturated carbocycles. The summed E-state index contributed by atoms with van der Waals surface area (Å²) in [5, 5.41) is 3.43. The summed E-state index contributed by atoms with van der Waals surface area (Å²) < 4.78 is 37.3. The van der Waals surface area contributed by atoms with Gasteiger partial charge < -0.3 is 5.32 Å². The highest BCUT2D eigenvalue weighted by atomic mass is 19.4. The topological polar surface area (TPSA) is 12.0 Å². The van der Waals surface area contributed by atoms with Crippen molar-refractivity contribution < 1.29 is 13.2 Å². The van der Waals surface area contributed by atoms with Crippen molar-refractivity contribution in [2.24, 2.45) is 0 Å². The molecular weight excluding hydrogens is 239 g/mol. The van der Waals surface area contributed by atoms with Gasteiger partial charge in [-0.25, -0.2) is 0 Å². The second kappa shape index (κ2) is 4.92. The minimum Gasteiger partial charge on any atom is -0.311 e. The van der Waals surface area contributed by atoms with Gasteiger partial charge in [0.05, 0.1) is 5.56 Å². The van der Waals surface area contributed by atoms with Crippen molar-refractivity contribution in [3.8, 4) is 0 Å². The minimum absolute atomic E-state index is 0.120. The Kier molecular flexibility index (Phi) is 3.66. The number of hydrogen-bond donors (Lipinski definition) is 1. The van der Waals surface area contributed by atoms with E-state index in [1.165, 1.54) is 12.1 Å². The van der Waals surface area contributed by atoms with Gasteiger partial charge in [-0.05, 0) is 43.5 Å². The molecule has 1 N–H and O–H groups in total. The van der Waals surface area contributed by atoms with E-state index in [1.807, 2.05) is 0 Å². The molecule has 0 aromatic heterocycles. The van der Waals surface area contributed by atoms with E-state index >= 15 is 0 Å². The van der Waals surface area contributed by atoms with Crippen molar-refractivity contribution >= 4 is 0 Å². The monoisotopic (exact) mass is 257 g/mol. The zero-order chi connectivity index (χ0) is 13.2. The summed E-state index contributed by atoms with van der Waals surface area (Å²) in [6.45, 7) is 3.15.